The van der Waals surface area contributed by atoms with E-state index >= 15 is 0 Å². The summed E-state index contributed by atoms with van der Waals surface area (Å²) in [7, 11) is -3.55. The largest absolute Gasteiger partial charge is 0.376 e. The summed E-state index contributed by atoms with van der Waals surface area (Å²) in [4.78, 5) is 12.4. The Balaban J connectivity index is 1.64. The molecule has 0 radical (unpaired) electrons. The van der Waals surface area contributed by atoms with Crippen LogP contribution in [-0.2, 0) is 14.8 Å². The van der Waals surface area contributed by atoms with Gasteiger partial charge in [0.25, 0.3) is 0 Å². The Morgan fingerprint density at radius 1 is 1.11 bits per heavy atom. The number of carbonyl (C=O) groups excluding carboxylic acids is 1. The molecule has 0 saturated carbocycles. The first-order valence-corrected chi connectivity index (χ1v) is 10.7. The van der Waals surface area contributed by atoms with Crippen LogP contribution in [0.25, 0.3) is 0 Å². The highest BCUT2D eigenvalue weighted by Gasteiger charge is 2.26. The third-order valence-corrected chi connectivity index (χ3v) is 6.59. The highest BCUT2D eigenvalue weighted by Crippen LogP contribution is 2.23. The molecule has 1 saturated heterocycles. The fourth-order valence-electron chi connectivity index (χ4n) is 3.19. The number of halogens is 1. The minimum absolute atomic E-state index is 0.0183. The van der Waals surface area contributed by atoms with Crippen LogP contribution in [0.1, 0.15) is 24.8 Å². The second-order valence-corrected chi connectivity index (χ2v) is 8.79. The number of anilines is 2. The molecule has 6 nitrogen and oxygen atoms in total. The van der Waals surface area contributed by atoms with E-state index in [1.54, 1.807) is 31.2 Å². The van der Waals surface area contributed by atoms with E-state index < -0.39 is 10.0 Å². The summed E-state index contributed by atoms with van der Waals surface area (Å²) in [6.07, 6.45) is 2.77. The minimum atomic E-state index is -3.55. The lowest BCUT2D eigenvalue weighted by Crippen LogP contribution is -2.35. The van der Waals surface area contributed by atoms with Crippen LogP contribution in [0.4, 0.5) is 15.8 Å². The molecule has 1 aliphatic heterocycles. The van der Waals surface area contributed by atoms with Gasteiger partial charge in [-0.3, -0.25) is 4.79 Å². The Kier molecular flexibility index (Phi) is 6.31. The number of piperidine rings is 1. The molecule has 2 aromatic rings. The zero-order valence-electron chi connectivity index (χ0n) is 15.7. The van der Waals surface area contributed by atoms with E-state index in [1.165, 1.54) is 22.5 Å². The van der Waals surface area contributed by atoms with Gasteiger partial charge in [0.05, 0.1) is 11.4 Å². The second-order valence-electron chi connectivity index (χ2n) is 6.85. The molecule has 1 heterocycles. The molecule has 0 aliphatic carbocycles. The average molecular weight is 405 g/mol. The number of hydrogen-bond donors (Lipinski definition) is 2. The molecule has 0 unspecified atom stereocenters. The number of amides is 1. The fraction of sp³-hybridized carbons (Fsp3) is 0.350. The number of nitrogens with one attached hydrogen (secondary N) is 2. The van der Waals surface area contributed by atoms with E-state index in [-0.39, 0.29) is 23.2 Å². The molecule has 2 N–H and O–H groups in total. The molecule has 0 atom stereocenters. The number of carbonyl (C=O) groups is 1. The van der Waals surface area contributed by atoms with Crippen LogP contribution < -0.4 is 10.6 Å². The maximum Gasteiger partial charge on any atom is 0.243 e. The zero-order chi connectivity index (χ0) is 20.1. The van der Waals surface area contributed by atoms with Crippen molar-refractivity contribution < 1.29 is 17.6 Å². The van der Waals surface area contributed by atoms with Gasteiger partial charge in [0.15, 0.2) is 0 Å². The molecule has 1 aliphatic rings. The quantitative estimate of drug-likeness (QED) is 0.773. The third kappa shape index (κ3) is 4.88. The van der Waals surface area contributed by atoms with Crippen molar-refractivity contribution in [2.24, 2.45) is 0 Å². The molecule has 0 bridgehead atoms. The summed E-state index contributed by atoms with van der Waals surface area (Å²) in [6.45, 7) is 2.79. The Morgan fingerprint density at radius 2 is 1.86 bits per heavy atom. The van der Waals surface area contributed by atoms with E-state index in [4.69, 9.17) is 0 Å². The van der Waals surface area contributed by atoms with Crippen LogP contribution in [0.15, 0.2) is 47.4 Å². The van der Waals surface area contributed by atoms with Crippen LogP contribution in [0.3, 0.4) is 0 Å². The first-order chi connectivity index (χ1) is 13.4. The van der Waals surface area contributed by atoms with Gasteiger partial charge in [0.1, 0.15) is 5.82 Å². The van der Waals surface area contributed by atoms with Crippen LogP contribution in [0.2, 0.25) is 0 Å². The Hall–Kier alpha value is -2.45. The SMILES string of the molecule is Cc1cc(F)ccc1NCC(=O)Nc1cccc(S(=O)(=O)N2CCCCC2)c1. The maximum atomic E-state index is 13.1. The van der Waals surface area contributed by atoms with Gasteiger partial charge in [0.2, 0.25) is 15.9 Å². The third-order valence-electron chi connectivity index (χ3n) is 4.70. The van der Waals surface area contributed by atoms with Gasteiger partial charge in [-0.25, -0.2) is 12.8 Å². The Labute approximate surface area is 164 Å². The van der Waals surface area contributed by atoms with E-state index in [2.05, 4.69) is 10.6 Å². The van der Waals surface area contributed by atoms with Gasteiger partial charge in [0, 0.05) is 24.5 Å². The summed E-state index contributed by atoms with van der Waals surface area (Å²) in [5.74, 6) is -0.657. The van der Waals surface area contributed by atoms with Gasteiger partial charge in [-0.2, -0.15) is 4.31 Å². The lowest BCUT2D eigenvalue weighted by molar-refractivity contribution is -0.114. The number of rotatable bonds is 6. The number of aryl methyl sites for hydroxylation is 1. The predicted molar refractivity (Wildman–Crippen MR) is 107 cm³/mol. The van der Waals surface area contributed by atoms with Crippen molar-refractivity contribution in [2.75, 3.05) is 30.3 Å². The maximum absolute atomic E-state index is 13.1. The van der Waals surface area contributed by atoms with Crippen molar-refractivity contribution in [3.05, 3.63) is 53.8 Å². The van der Waals surface area contributed by atoms with E-state index in [0.29, 0.717) is 30.0 Å². The molecule has 8 heteroatoms. The smallest absolute Gasteiger partial charge is 0.243 e. The normalized spacial score (nSPS) is 15.2. The lowest BCUT2D eigenvalue weighted by Gasteiger charge is -2.26. The highest BCUT2D eigenvalue weighted by atomic mass is 32.2. The van der Waals surface area contributed by atoms with Gasteiger partial charge in [-0.05, 0) is 61.7 Å². The molecule has 0 aromatic heterocycles. The van der Waals surface area contributed by atoms with Crippen LogP contribution in [0.5, 0.6) is 0 Å². The van der Waals surface area contributed by atoms with Crippen LogP contribution in [-0.4, -0.2) is 38.3 Å². The van der Waals surface area contributed by atoms with Crippen LogP contribution >= 0.6 is 0 Å². The predicted octanol–water partition coefficient (Wildman–Crippen LogP) is 3.36. The number of sulfonamides is 1. The van der Waals surface area contributed by atoms with Crippen molar-refractivity contribution in [3.8, 4) is 0 Å². The van der Waals surface area contributed by atoms with E-state index in [9.17, 15) is 17.6 Å². The van der Waals surface area contributed by atoms with E-state index in [1.807, 2.05) is 0 Å². The number of hydrogen-bond acceptors (Lipinski definition) is 4. The Bertz CT molecular complexity index is 957. The molecule has 3 rings (SSSR count). The molecule has 0 spiro atoms. The Morgan fingerprint density at radius 3 is 2.57 bits per heavy atom. The topological polar surface area (TPSA) is 78.5 Å². The van der Waals surface area contributed by atoms with Gasteiger partial charge in [-0.15, -0.1) is 0 Å². The van der Waals surface area contributed by atoms with Gasteiger partial charge >= 0.3 is 0 Å². The van der Waals surface area contributed by atoms with Gasteiger partial charge in [-0.1, -0.05) is 12.5 Å². The molecule has 28 heavy (non-hydrogen) atoms. The molecular formula is C20H24FN3O3S. The van der Waals surface area contributed by atoms with Crippen molar-refractivity contribution in [3.63, 3.8) is 0 Å². The van der Waals surface area contributed by atoms with E-state index in [0.717, 1.165) is 19.3 Å². The molecule has 1 amide bonds. The standard InChI is InChI=1S/C20H24FN3O3S/c1-15-12-16(21)8-9-19(15)22-14-20(25)23-17-6-5-7-18(13-17)28(26,27)24-10-3-2-4-11-24/h5-9,12-13,22H,2-4,10-11,14H2,1H3,(H,23,25). The van der Waals surface area contributed by atoms with Crippen molar-refractivity contribution in [2.45, 2.75) is 31.1 Å². The number of nitrogens with zero attached hydrogens (tertiary/aromatic N) is 1. The highest BCUT2D eigenvalue weighted by molar-refractivity contribution is 7.89. The van der Waals surface area contributed by atoms with Crippen molar-refractivity contribution in [1.82, 2.24) is 4.31 Å². The zero-order valence-corrected chi connectivity index (χ0v) is 16.6. The minimum Gasteiger partial charge on any atom is -0.376 e. The number of benzene rings is 2. The first kappa shape index (κ1) is 20.3. The van der Waals surface area contributed by atoms with Crippen molar-refractivity contribution >= 4 is 27.3 Å². The lowest BCUT2D eigenvalue weighted by atomic mass is 10.2. The molecule has 150 valence electrons. The molecule has 2 aromatic carbocycles. The summed E-state index contributed by atoms with van der Waals surface area (Å²) >= 11 is 0. The molecule has 1 fully saturated rings. The second kappa shape index (κ2) is 8.70. The summed E-state index contributed by atoms with van der Waals surface area (Å²) < 4.78 is 40.2. The summed E-state index contributed by atoms with van der Waals surface area (Å²) in [5.41, 5.74) is 1.78. The van der Waals surface area contributed by atoms with Gasteiger partial charge < -0.3 is 10.6 Å². The van der Waals surface area contributed by atoms with Crippen LogP contribution in [0, 0.1) is 12.7 Å². The average Bonchev–Trinajstić information content (AvgIpc) is 2.68. The summed E-state index contributed by atoms with van der Waals surface area (Å²) in [5, 5.41) is 5.65. The van der Waals surface area contributed by atoms with Crippen molar-refractivity contribution in [1.29, 1.82) is 0 Å². The molecular weight excluding hydrogens is 381 g/mol. The summed E-state index contributed by atoms with van der Waals surface area (Å²) in [6, 6.07) is 10.6. The first-order valence-electron chi connectivity index (χ1n) is 9.26. The fourth-order valence-corrected chi connectivity index (χ4v) is 4.76. The monoisotopic (exact) mass is 405 g/mol.